The number of nitrogens with zero attached hydrogens (tertiary/aromatic N) is 2. The molecule has 100 valence electrons. The van der Waals surface area contributed by atoms with Crippen LogP contribution in [0.15, 0.2) is 30.3 Å². The number of rotatable bonds is 5. The Balaban J connectivity index is 2.12. The summed E-state index contributed by atoms with van der Waals surface area (Å²) in [5, 5.41) is 0.585. The zero-order chi connectivity index (χ0) is 13.7. The van der Waals surface area contributed by atoms with Crippen molar-refractivity contribution in [3.05, 3.63) is 56.1 Å². The molecule has 0 unspecified atom stereocenters. The third-order valence-corrected chi connectivity index (χ3v) is 4.62. The molecular weight excluding hydrogens is 371 g/mol. The van der Waals surface area contributed by atoms with E-state index in [0.29, 0.717) is 5.15 Å². The molecule has 0 fully saturated rings. The molecule has 0 aliphatic heterocycles. The Morgan fingerprint density at radius 3 is 2.47 bits per heavy atom. The lowest BCUT2D eigenvalue weighted by molar-refractivity contribution is 0.799. The second-order valence-electron chi connectivity index (χ2n) is 4.43. The predicted octanol–water partition coefficient (Wildman–Crippen LogP) is 4.47. The van der Waals surface area contributed by atoms with Crippen molar-refractivity contribution in [3.8, 4) is 0 Å². The summed E-state index contributed by atoms with van der Waals surface area (Å²) in [6, 6.07) is 10.4. The van der Waals surface area contributed by atoms with E-state index in [1.165, 1.54) is 5.56 Å². The van der Waals surface area contributed by atoms with E-state index >= 15 is 0 Å². The van der Waals surface area contributed by atoms with E-state index < -0.39 is 0 Å². The Kier molecular flexibility index (Phi) is 5.58. The van der Waals surface area contributed by atoms with Gasteiger partial charge in [-0.25, -0.2) is 9.97 Å². The highest BCUT2D eigenvalue weighted by molar-refractivity contribution is 14.1. The summed E-state index contributed by atoms with van der Waals surface area (Å²) >= 11 is 8.41. The molecule has 0 spiro atoms. The van der Waals surface area contributed by atoms with Gasteiger partial charge in [-0.1, -0.05) is 55.3 Å². The molecule has 19 heavy (non-hydrogen) atoms. The first-order valence-corrected chi connectivity index (χ1v) is 7.91. The molecule has 0 saturated heterocycles. The van der Waals surface area contributed by atoms with E-state index in [1.807, 2.05) is 6.07 Å². The van der Waals surface area contributed by atoms with Crippen molar-refractivity contribution in [1.82, 2.24) is 9.97 Å². The highest BCUT2D eigenvalue weighted by Gasteiger charge is 2.10. The van der Waals surface area contributed by atoms with Crippen LogP contribution in [0.2, 0.25) is 5.15 Å². The number of hydrogen-bond donors (Lipinski definition) is 0. The van der Waals surface area contributed by atoms with Gasteiger partial charge in [-0.3, -0.25) is 0 Å². The SMILES string of the molecule is CCCc1nc(CCc2ccccc2)nc(Cl)c1I. The van der Waals surface area contributed by atoms with Gasteiger partial charge in [0, 0.05) is 6.42 Å². The predicted molar refractivity (Wildman–Crippen MR) is 87.6 cm³/mol. The normalized spacial score (nSPS) is 10.7. The Morgan fingerprint density at radius 2 is 1.79 bits per heavy atom. The van der Waals surface area contributed by atoms with Crippen molar-refractivity contribution >= 4 is 34.2 Å². The average molecular weight is 387 g/mol. The van der Waals surface area contributed by atoms with Crippen molar-refractivity contribution in [3.63, 3.8) is 0 Å². The molecular formula is C15H16ClIN2. The van der Waals surface area contributed by atoms with Gasteiger partial charge in [0.25, 0.3) is 0 Å². The van der Waals surface area contributed by atoms with E-state index in [4.69, 9.17) is 11.6 Å². The van der Waals surface area contributed by atoms with E-state index in [-0.39, 0.29) is 0 Å². The molecule has 2 rings (SSSR count). The first kappa shape index (κ1) is 14.7. The smallest absolute Gasteiger partial charge is 0.146 e. The van der Waals surface area contributed by atoms with Crippen LogP contribution in [0.1, 0.15) is 30.4 Å². The van der Waals surface area contributed by atoms with Gasteiger partial charge in [0.2, 0.25) is 0 Å². The van der Waals surface area contributed by atoms with E-state index in [9.17, 15) is 0 Å². The van der Waals surface area contributed by atoms with Crippen molar-refractivity contribution in [1.29, 1.82) is 0 Å². The summed E-state index contributed by atoms with van der Waals surface area (Å²) < 4.78 is 0.990. The highest BCUT2D eigenvalue weighted by Crippen LogP contribution is 2.20. The van der Waals surface area contributed by atoms with E-state index in [2.05, 4.69) is 63.7 Å². The number of hydrogen-bond acceptors (Lipinski definition) is 2. The Labute approximate surface area is 132 Å². The molecule has 1 heterocycles. The largest absolute Gasteiger partial charge is 0.237 e. The Morgan fingerprint density at radius 1 is 1.05 bits per heavy atom. The highest BCUT2D eigenvalue weighted by atomic mass is 127. The van der Waals surface area contributed by atoms with Gasteiger partial charge < -0.3 is 0 Å². The Hall–Kier alpha value is -0.680. The standard InChI is InChI=1S/C15H16ClIN2/c1-2-6-12-14(17)15(16)19-13(18-12)10-9-11-7-4-3-5-8-11/h3-5,7-8H,2,6,9-10H2,1H3. The summed E-state index contributed by atoms with van der Waals surface area (Å²) in [5.74, 6) is 0.845. The number of aromatic nitrogens is 2. The van der Waals surface area contributed by atoms with Gasteiger partial charge in [-0.2, -0.15) is 0 Å². The molecule has 0 aliphatic carbocycles. The van der Waals surface area contributed by atoms with Crippen LogP contribution < -0.4 is 0 Å². The summed E-state index contributed by atoms with van der Waals surface area (Å²) in [5.41, 5.74) is 2.38. The van der Waals surface area contributed by atoms with Gasteiger partial charge in [0.1, 0.15) is 11.0 Å². The summed E-state index contributed by atoms with van der Waals surface area (Å²) in [4.78, 5) is 9.01. The molecule has 2 nitrogen and oxygen atoms in total. The zero-order valence-electron chi connectivity index (χ0n) is 10.9. The van der Waals surface area contributed by atoms with Crippen molar-refractivity contribution in [2.75, 3.05) is 0 Å². The lowest BCUT2D eigenvalue weighted by atomic mass is 10.1. The number of benzene rings is 1. The fourth-order valence-corrected chi connectivity index (χ4v) is 2.64. The third-order valence-electron chi connectivity index (χ3n) is 2.89. The number of aryl methyl sites for hydroxylation is 3. The van der Waals surface area contributed by atoms with Crippen LogP contribution in [0, 0.1) is 3.57 Å². The molecule has 0 aliphatic rings. The topological polar surface area (TPSA) is 25.8 Å². The minimum absolute atomic E-state index is 0.585. The summed E-state index contributed by atoms with van der Waals surface area (Å²) in [7, 11) is 0. The molecule has 1 aromatic heterocycles. The second kappa shape index (κ2) is 7.20. The maximum absolute atomic E-state index is 6.18. The molecule has 0 atom stereocenters. The fraction of sp³-hybridized carbons (Fsp3) is 0.333. The average Bonchev–Trinajstić information content (AvgIpc) is 2.43. The molecule has 4 heteroatoms. The molecule has 0 N–H and O–H groups in total. The van der Waals surface area contributed by atoms with Gasteiger partial charge >= 0.3 is 0 Å². The van der Waals surface area contributed by atoms with Gasteiger partial charge in [-0.05, 0) is 41.0 Å². The molecule has 0 amide bonds. The monoisotopic (exact) mass is 386 g/mol. The van der Waals surface area contributed by atoms with Crippen LogP contribution in [0.3, 0.4) is 0 Å². The molecule has 0 bridgehead atoms. The molecule has 0 saturated carbocycles. The Bertz CT molecular complexity index is 543. The van der Waals surface area contributed by atoms with E-state index in [0.717, 1.165) is 40.8 Å². The lowest BCUT2D eigenvalue weighted by Crippen LogP contribution is -2.05. The molecule has 1 aromatic carbocycles. The summed E-state index contributed by atoms with van der Waals surface area (Å²) in [6.45, 7) is 2.15. The fourth-order valence-electron chi connectivity index (χ4n) is 1.93. The first-order valence-electron chi connectivity index (χ1n) is 6.45. The van der Waals surface area contributed by atoms with Gasteiger partial charge in [-0.15, -0.1) is 0 Å². The van der Waals surface area contributed by atoms with Crippen molar-refractivity contribution in [2.24, 2.45) is 0 Å². The van der Waals surface area contributed by atoms with Crippen LogP contribution in [-0.2, 0) is 19.3 Å². The molecule has 2 aromatic rings. The lowest BCUT2D eigenvalue weighted by Gasteiger charge is -2.07. The maximum Gasteiger partial charge on any atom is 0.146 e. The zero-order valence-corrected chi connectivity index (χ0v) is 13.8. The quantitative estimate of drug-likeness (QED) is 0.559. The van der Waals surface area contributed by atoms with Gasteiger partial charge in [0.05, 0.1) is 9.26 Å². The van der Waals surface area contributed by atoms with Crippen LogP contribution in [0.5, 0.6) is 0 Å². The van der Waals surface area contributed by atoms with Crippen LogP contribution in [-0.4, -0.2) is 9.97 Å². The van der Waals surface area contributed by atoms with E-state index in [1.54, 1.807) is 0 Å². The summed E-state index contributed by atoms with van der Waals surface area (Å²) in [6.07, 6.45) is 3.81. The van der Waals surface area contributed by atoms with Crippen molar-refractivity contribution < 1.29 is 0 Å². The van der Waals surface area contributed by atoms with Crippen LogP contribution in [0.4, 0.5) is 0 Å². The third kappa shape index (κ3) is 4.14. The first-order chi connectivity index (χ1) is 9.20. The second-order valence-corrected chi connectivity index (χ2v) is 5.86. The van der Waals surface area contributed by atoms with Crippen molar-refractivity contribution in [2.45, 2.75) is 32.6 Å². The minimum Gasteiger partial charge on any atom is -0.237 e. The molecule has 0 radical (unpaired) electrons. The minimum atomic E-state index is 0.585. The number of halogens is 2. The van der Waals surface area contributed by atoms with Crippen LogP contribution in [0.25, 0.3) is 0 Å². The van der Waals surface area contributed by atoms with Crippen LogP contribution >= 0.6 is 34.2 Å². The van der Waals surface area contributed by atoms with Gasteiger partial charge in [0.15, 0.2) is 0 Å². The maximum atomic E-state index is 6.18.